The molecule has 12 heavy (non-hydrogen) atoms. The van der Waals surface area contributed by atoms with Crippen molar-refractivity contribution < 1.29 is 20.5 Å². The highest BCUT2D eigenvalue weighted by molar-refractivity contribution is 4.45. The second-order valence-electron chi connectivity index (χ2n) is 1.99. The molecule has 0 spiro atoms. The molecule has 0 aromatic rings. The molecule has 74 valence electrons. The summed E-state index contributed by atoms with van der Waals surface area (Å²) in [5.41, 5.74) is 0. The third kappa shape index (κ3) is 23.0. The van der Waals surface area contributed by atoms with Gasteiger partial charge in [0.25, 0.3) is 5.09 Å². The summed E-state index contributed by atoms with van der Waals surface area (Å²) >= 11 is 0. The van der Waals surface area contributed by atoms with E-state index >= 15 is 0 Å². The van der Waals surface area contributed by atoms with E-state index in [1.165, 1.54) is 0 Å². The van der Waals surface area contributed by atoms with Crippen LogP contribution in [0.25, 0.3) is 0 Å². The standard InChI is InChI=1S/C5H13NO2.HNO3/c1-6(2-4-7)3-5-8;2-1(3)4/h7-8H,2-5H2,1H3;(H,2,3,4). The fourth-order valence-corrected chi connectivity index (χ4v) is 0.453. The summed E-state index contributed by atoms with van der Waals surface area (Å²) in [4.78, 5) is 10.2. The van der Waals surface area contributed by atoms with Crippen molar-refractivity contribution in [2.75, 3.05) is 33.4 Å². The lowest BCUT2D eigenvalue weighted by Gasteiger charge is -2.11. The Morgan fingerprint density at radius 3 is 1.75 bits per heavy atom. The summed E-state index contributed by atoms with van der Waals surface area (Å²) in [6.45, 7) is 1.61. The number of nitrogens with zero attached hydrogens (tertiary/aromatic N) is 2. The molecule has 0 aliphatic carbocycles. The summed E-state index contributed by atoms with van der Waals surface area (Å²) in [6.07, 6.45) is 0. The van der Waals surface area contributed by atoms with Crippen molar-refractivity contribution >= 4 is 0 Å². The van der Waals surface area contributed by atoms with Crippen LogP contribution in [0.5, 0.6) is 0 Å². The van der Waals surface area contributed by atoms with Crippen molar-refractivity contribution in [3.05, 3.63) is 10.1 Å². The van der Waals surface area contributed by atoms with Crippen LogP contribution in [0.4, 0.5) is 0 Å². The third-order valence-electron chi connectivity index (χ3n) is 0.963. The van der Waals surface area contributed by atoms with Gasteiger partial charge in [-0.25, -0.2) is 0 Å². The van der Waals surface area contributed by atoms with E-state index in [0.717, 1.165) is 0 Å². The average Bonchev–Trinajstić information content (AvgIpc) is 1.87. The predicted molar refractivity (Wildman–Crippen MR) is 40.4 cm³/mol. The summed E-state index contributed by atoms with van der Waals surface area (Å²) < 4.78 is 0. The van der Waals surface area contributed by atoms with Gasteiger partial charge in [-0.05, 0) is 7.05 Å². The Morgan fingerprint density at radius 1 is 1.33 bits per heavy atom. The van der Waals surface area contributed by atoms with Gasteiger partial charge in [-0.1, -0.05) is 0 Å². The Hall–Kier alpha value is -0.920. The minimum absolute atomic E-state index is 0.163. The topological polar surface area (TPSA) is 107 Å². The molecule has 0 rings (SSSR count). The van der Waals surface area contributed by atoms with Crippen LogP contribution in [0.3, 0.4) is 0 Å². The molecule has 0 fully saturated rings. The quantitative estimate of drug-likeness (QED) is 0.363. The van der Waals surface area contributed by atoms with Crippen molar-refractivity contribution in [1.29, 1.82) is 0 Å². The van der Waals surface area contributed by atoms with Crippen molar-refractivity contribution in [2.24, 2.45) is 0 Å². The first-order chi connectivity index (χ1) is 5.54. The van der Waals surface area contributed by atoms with Crippen LogP contribution in [-0.2, 0) is 0 Å². The number of aliphatic hydroxyl groups is 2. The molecule has 0 atom stereocenters. The second-order valence-corrected chi connectivity index (χ2v) is 1.99. The largest absolute Gasteiger partial charge is 0.395 e. The van der Waals surface area contributed by atoms with Crippen molar-refractivity contribution in [3.63, 3.8) is 0 Å². The van der Waals surface area contributed by atoms with Gasteiger partial charge in [0.1, 0.15) is 0 Å². The van der Waals surface area contributed by atoms with Crippen LogP contribution in [0.2, 0.25) is 0 Å². The van der Waals surface area contributed by atoms with Gasteiger partial charge in [0.15, 0.2) is 0 Å². The minimum atomic E-state index is -1.50. The number of rotatable bonds is 4. The molecular formula is C5H14N2O5. The molecule has 7 heteroatoms. The number of hydrogen-bond acceptors (Lipinski definition) is 5. The Kier molecular flexibility index (Phi) is 11.5. The zero-order valence-corrected chi connectivity index (χ0v) is 6.88. The molecule has 0 saturated heterocycles. The summed E-state index contributed by atoms with van der Waals surface area (Å²) in [5, 5.41) is 30.3. The Balaban J connectivity index is 0. The van der Waals surface area contributed by atoms with E-state index in [2.05, 4.69) is 0 Å². The molecule has 0 aromatic heterocycles. The maximum atomic E-state index is 8.36. The first-order valence-electron chi connectivity index (χ1n) is 3.28. The van der Waals surface area contributed by atoms with E-state index in [1.54, 1.807) is 0 Å². The van der Waals surface area contributed by atoms with Gasteiger partial charge in [-0.15, -0.1) is 10.1 Å². The molecule has 0 heterocycles. The van der Waals surface area contributed by atoms with E-state index in [4.69, 9.17) is 25.5 Å². The lowest BCUT2D eigenvalue weighted by molar-refractivity contribution is -0.742. The molecule has 0 unspecified atom stereocenters. The minimum Gasteiger partial charge on any atom is -0.395 e. The summed E-state index contributed by atoms with van der Waals surface area (Å²) in [7, 11) is 1.85. The molecule has 3 N–H and O–H groups in total. The molecule has 0 amide bonds. The lowest BCUT2D eigenvalue weighted by atomic mass is 10.5. The second kappa shape index (κ2) is 10.1. The molecule has 0 bridgehead atoms. The van der Waals surface area contributed by atoms with Crippen LogP contribution in [0.15, 0.2) is 0 Å². The summed E-state index contributed by atoms with van der Waals surface area (Å²) in [5.74, 6) is 0. The van der Waals surface area contributed by atoms with Gasteiger partial charge in [0, 0.05) is 13.1 Å². The Bertz CT molecular complexity index is 100. The van der Waals surface area contributed by atoms with Crippen LogP contribution in [-0.4, -0.2) is 58.8 Å². The van der Waals surface area contributed by atoms with Crippen LogP contribution >= 0.6 is 0 Å². The highest BCUT2D eigenvalue weighted by Gasteiger charge is 1.91. The molecule has 7 nitrogen and oxygen atoms in total. The zero-order valence-electron chi connectivity index (χ0n) is 6.88. The van der Waals surface area contributed by atoms with Crippen molar-refractivity contribution in [1.82, 2.24) is 4.90 Å². The smallest absolute Gasteiger partial charge is 0.291 e. The predicted octanol–water partition coefficient (Wildman–Crippen LogP) is -1.44. The average molecular weight is 182 g/mol. The number of aliphatic hydroxyl groups excluding tert-OH is 2. The zero-order chi connectivity index (χ0) is 9.98. The number of hydrogen-bond donors (Lipinski definition) is 3. The van der Waals surface area contributed by atoms with Gasteiger partial charge in [-0.3, -0.25) is 0 Å². The van der Waals surface area contributed by atoms with Crippen LogP contribution in [0, 0.1) is 10.1 Å². The Morgan fingerprint density at radius 2 is 1.58 bits per heavy atom. The van der Waals surface area contributed by atoms with Gasteiger partial charge >= 0.3 is 0 Å². The maximum absolute atomic E-state index is 8.36. The molecule has 0 radical (unpaired) electrons. The fourth-order valence-electron chi connectivity index (χ4n) is 0.453. The van der Waals surface area contributed by atoms with E-state index < -0.39 is 5.09 Å². The summed E-state index contributed by atoms with van der Waals surface area (Å²) in [6, 6.07) is 0. The monoisotopic (exact) mass is 182 g/mol. The first-order valence-corrected chi connectivity index (χ1v) is 3.28. The highest BCUT2D eigenvalue weighted by Crippen LogP contribution is 1.76. The molecule has 0 aliphatic heterocycles. The van der Waals surface area contributed by atoms with Gasteiger partial charge < -0.3 is 20.3 Å². The van der Waals surface area contributed by atoms with Crippen molar-refractivity contribution in [3.8, 4) is 0 Å². The van der Waals surface area contributed by atoms with E-state index in [-0.39, 0.29) is 13.2 Å². The molecule has 0 aliphatic rings. The molecule has 0 aromatic carbocycles. The maximum Gasteiger partial charge on any atom is 0.291 e. The SMILES string of the molecule is CN(CCO)CCO.O=[N+]([O-])O. The van der Waals surface area contributed by atoms with E-state index in [0.29, 0.717) is 13.1 Å². The van der Waals surface area contributed by atoms with Crippen LogP contribution in [0.1, 0.15) is 0 Å². The Labute approximate surface area is 70.0 Å². The molecular weight excluding hydrogens is 168 g/mol. The van der Waals surface area contributed by atoms with Gasteiger partial charge in [0.2, 0.25) is 0 Å². The first kappa shape index (κ1) is 13.7. The highest BCUT2D eigenvalue weighted by atomic mass is 16.9. The van der Waals surface area contributed by atoms with E-state index in [9.17, 15) is 0 Å². The van der Waals surface area contributed by atoms with E-state index in [1.807, 2.05) is 11.9 Å². The van der Waals surface area contributed by atoms with Gasteiger partial charge in [0.05, 0.1) is 13.2 Å². The molecule has 0 saturated carbocycles. The third-order valence-corrected chi connectivity index (χ3v) is 0.963. The van der Waals surface area contributed by atoms with Gasteiger partial charge in [-0.2, -0.15) is 0 Å². The normalized spacial score (nSPS) is 9.00. The number of likely N-dealkylation sites (N-methyl/N-ethyl adjacent to an activating group) is 1. The fraction of sp³-hybridized carbons (Fsp3) is 1.00. The van der Waals surface area contributed by atoms with Crippen LogP contribution < -0.4 is 0 Å². The van der Waals surface area contributed by atoms with Crippen molar-refractivity contribution in [2.45, 2.75) is 0 Å². The lowest BCUT2D eigenvalue weighted by Crippen LogP contribution is -2.25.